The van der Waals surface area contributed by atoms with E-state index in [0.717, 1.165) is 19.9 Å². The van der Waals surface area contributed by atoms with E-state index in [1.54, 1.807) is 16.0 Å². The SMILES string of the molecule is Cc1c(-c2ccc(Br)s2)c(N)nn1C. The van der Waals surface area contributed by atoms with Crippen LogP contribution >= 0.6 is 27.3 Å². The molecule has 0 aromatic carbocycles. The summed E-state index contributed by atoms with van der Waals surface area (Å²) in [7, 11) is 1.90. The van der Waals surface area contributed by atoms with Crippen molar-refractivity contribution in [2.75, 3.05) is 5.73 Å². The number of hydrogen-bond donors (Lipinski definition) is 1. The summed E-state index contributed by atoms with van der Waals surface area (Å²) >= 11 is 5.10. The van der Waals surface area contributed by atoms with E-state index in [-0.39, 0.29) is 0 Å². The van der Waals surface area contributed by atoms with Gasteiger partial charge in [0, 0.05) is 17.6 Å². The van der Waals surface area contributed by atoms with Crippen molar-refractivity contribution < 1.29 is 0 Å². The van der Waals surface area contributed by atoms with E-state index >= 15 is 0 Å². The lowest BCUT2D eigenvalue weighted by molar-refractivity contribution is 0.744. The first kappa shape index (κ1) is 9.73. The number of nitrogen functional groups attached to an aromatic ring is 1. The zero-order valence-electron chi connectivity index (χ0n) is 7.91. The molecule has 0 saturated heterocycles. The summed E-state index contributed by atoms with van der Waals surface area (Å²) in [6.45, 7) is 2.02. The van der Waals surface area contributed by atoms with Crippen LogP contribution in [0.4, 0.5) is 5.82 Å². The normalized spacial score (nSPS) is 10.8. The van der Waals surface area contributed by atoms with E-state index in [1.807, 2.05) is 20.0 Å². The minimum Gasteiger partial charge on any atom is -0.382 e. The molecule has 0 aliphatic rings. The molecule has 2 rings (SSSR count). The van der Waals surface area contributed by atoms with Crippen molar-refractivity contribution in [3.8, 4) is 10.4 Å². The molecule has 0 fully saturated rings. The molecular formula is C9H10BrN3S. The molecule has 14 heavy (non-hydrogen) atoms. The predicted octanol–water partition coefficient (Wildman–Crippen LogP) is 2.80. The Labute approximate surface area is 94.7 Å². The van der Waals surface area contributed by atoms with Crippen LogP contribution in [0.2, 0.25) is 0 Å². The van der Waals surface area contributed by atoms with Gasteiger partial charge in [-0.3, -0.25) is 4.68 Å². The Bertz CT molecular complexity index is 472. The summed E-state index contributed by atoms with van der Waals surface area (Å²) in [5.74, 6) is 0.597. The average molecular weight is 272 g/mol. The molecule has 74 valence electrons. The third kappa shape index (κ3) is 1.46. The fourth-order valence-corrected chi connectivity index (χ4v) is 2.88. The van der Waals surface area contributed by atoms with Gasteiger partial charge in [-0.2, -0.15) is 5.10 Å². The molecule has 0 aliphatic heterocycles. The molecule has 2 aromatic rings. The Morgan fingerprint density at radius 1 is 1.50 bits per heavy atom. The van der Waals surface area contributed by atoms with Crippen LogP contribution < -0.4 is 5.73 Å². The molecule has 5 heteroatoms. The highest BCUT2D eigenvalue weighted by atomic mass is 79.9. The van der Waals surface area contributed by atoms with Crippen LogP contribution in [0.15, 0.2) is 15.9 Å². The van der Waals surface area contributed by atoms with Gasteiger partial charge < -0.3 is 5.73 Å². The highest BCUT2D eigenvalue weighted by Gasteiger charge is 2.13. The molecule has 0 radical (unpaired) electrons. The number of hydrogen-bond acceptors (Lipinski definition) is 3. The standard InChI is InChI=1S/C9H10BrN3S/c1-5-8(9(11)12-13(5)2)6-3-4-7(10)14-6/h3-4H,1-2H3,(H2,11,12). The molecule has 2 aromatic heterocycles. The van der Waals surface area contributed by atoms with E-state index in [9.17, 15) is 0 Å². The molecule has 2 N–H and O–H groups in total. The molecule has 0 aliphatic carbocycles. The third-order valence-electron chi connectivity index (χ3n) is 2.18. The van der Waals surface area contributed by atoms with Crippen molar-refractivity contribution in [2.24, 2.45) is 7.05 Å². The quantitative estimate of drug-likeness (QED) is 0.867. The highest BCUT2D eigenvalue weighted by molar-refractivity contribution is 9.11. The van der Waals surface area contributed by atoms with E-state index in [1.165, 1.54) is 0 Å². The first-order chi connectivity index (χ1) is 6.59. The number of halogens is 1. The van der Waals surface area contributed by atoms with Gasteiger partial charge in [-0.25, -0.2) is 0 Å². The van der Waals surface area contributed by atoms with Gasteiger partial charge in [-0.15, -0.1) is 11.3 Å². The number of anilines is 1. The molecule has 2 heterocycles. The predicted molar refractivity (Wildman–Crippen MR) is 63.4 cm³/mol. The van der Waals surface area contributed by atoms with Gasteiger partial charge in [-0.05, 0) is 35.0 Å². The Kier molecular flexibility index (Phi) is 2.36. The smallest absolute Gasteiger partial charge is 0.154 e. The first-order valence-corrected chi connectivity index (χ1v) is 5.75. The maximum absolute atomic E-state index is 5.84. The largest absolute Gasteiger partial charge is 0.382 e. The molecule has 0 saturated carbocycles. The molecule has 0 bridgehead atoms. The Morgan fingerprint density at radius 3 is 2.64 bits per heavy atom. The monoisotopic (exact) mass is 271 g/mol. The number of aryl methyl sites for hydroxylation is 1. The fraction of sp³-hybridized carbons (Fsp3) is 0.222. The van der Waals surface area contributed by atoms with Crippen molar-refractivity contribution >= 4 is 33.1 Å². The van der Waals surface area contributed by atoms with Crippen LogP contribution in [0.1, 0.15) is 5.69 Å². The summed E-state index contributed by atoms with van der Waals surface area (Å²) in [5.41, 5.74) is 7.98. The summed E-state index contributed by atoms with van der Waals surface area (Å²) in [6.07, 6.45) is 0. The van der Waals surface area contributed by atoms with Crippen LogP contribution in [0.3, 0.4) is 0 Å². The number of nitrogens with two attached hydrogens (primary N) is 1. The molecule has 3 nitrogen and oxygen atoms in total. The van der Waals surface area contributed by atoms with E-state index < -0.39 is 0 Å². The van der Waals surface area contributed by atoms with E-state index in [0.29, 0.717) is 5.82 Å². The number of thiophene rings is 1. The van der Waals surface area contributed by atoms with Crippen molar-refractivity contribution in [3.05, 3.63) is 21.6 Å². The maximum atomic E-state index is 5.84. The Morgan fingerprint density at radius 2 is 2.21 bits per heavy atom. The lowest BCUT2D eigenvalue weighted by Crippen LogP contribution is -1.93. The molecule has 0 spiro atoms. The zero-order valence-corrected chi connectivity index (χ0v) is 10.3. The fourth-order valence-electron chi connectivity index (χ4n) is 1.39. The van der Waals surface area contributed by atoms with E-state index in [2.05, 4.69) is 27.1 Å². The van der Waals surface area contributed by atoms with Crippen LogP contribution in [-0.2, 0) is 7.05 Å². The lowest BCUT2D eigenvalue weighted by Gasteiger charge is -1.96. The van der Waals surface area contributed by atoms with Gasteiger partial charge in [0.05, 0.1) is 9.35 Å². The van der Waals surface area contributed by atoms with Crippen molar-refractivity contribution in [3.63, 3.8) is 0 Å². The first-order valence-electron chi connectivity index (χ1n) is 4.14. The second-order valence-electron chi connectivity index (χ2n) is 3.07. The topological polar surface area (TPSA) is 43.8 Å². The summed E-state index contributed by atoms with van der Waals surface area (Å²) < 4.78 is 2.91. The van der Waals surface area contributed by atoms with Crippen LogP contribution in [0, 0.1) is 6.92 Å². The Hall–Kier alpha value is -0.810. The van der Waals surface area contributed by atoms with Gasteiger partial charge in [0.1, 0.15) is 0 Å². The minimum absolute atomic E-state index is 0.597. The van der Waals surface area contributed by atoms with Crippen molar-refractivity contribution in [2.45, 2.75) is 6.92 Å². The lowest BCUT2D eigenvalue weighted by atomic mass is 10.2. The van der Waals surface area contributed by atoms with Gasteiger partial charge in [0.15, 0.2) is 5.82 Å². The van der Waals surface area contributed by atoms with Gasteiger partial charge >= 0.3 is 0 Å². The van der Waals surface area contributed by atoms with Crippen LogP contribution in [-0.4, -0.2) is 9.78 Å². The van der Waals surface area contributed by atoms with Gasteiger partial charge in [-0.1, -0.05) is 0 Å². The number of rotatable bonds is 1. The summed E-state index contributed by atoms with van der Waals surface area (Å²) in [4.78, 5) is 1.15. The number of nitrogens with zero attached hydrogens (tertiary/aromatic N) is 2. The van der Waals surface area contributed by atoms with Gasteiger partial charge in [0.2, 0.25) is 0 Å². The molecular weight excluding hydrogens is 262 g/mol. The molecule has 0 unspecified atom stereocenters. The zero-order chi connectivity index (χ0) is 10.3. The Balaban J connectivity index is 2.61. The summed E-state index contributed by atoms with van der Waals surface area (Å²) in [6, 6.07) is 4.07. The van der Waals surface area contributed by atoms with Crippen LogP contribution in [0.5, 0.6) is 0 Å². The number of aromatic nitrogens is 2. The second kappa shape index (κ2) is 3.40. The molecule has 0 amide bonds. The maximum Gasteiger partial charge on any atom is 0.154 e. The second-order valence-corrected chi connectivity index (χ2v) is 5.54. The highest BCUT2D eigenvalue weighted by Crippen LogP contribution is 2.36. The van der Waals surface area contributed by atoms with Crippen molar-refractivity contribution in [1.29, 1.82) is 0 Å². The molecule has 0 atom stereocenters. The summed E-state index contributed by atoms with van der Waals surface area (Å²) in [5, 5.41) is 4.18. The van der Waals surface area contributed by atoms with Crippen molar-refractivity contribution in [1.82, 2.24) is 9.78 Å². The van der Waals surface area contributed by atoms with Crippen LogP contribution in [0.25, 0.3) is 10.4 Å². The van der Waals surface area contributed by atoms with E-state index in [4.69, 9.17) is 5.73 Å². The minimum atomic E-state index is 0.597. The van der Waals surface area contributed by atoms with Gasteiger partial charge in [0.25, 0.3) is 0 Å². The average Bonchev–Trinajstić information content (AvgIpc) is 2.60. The third-order valence-corrected chi connectivity index (χ3v) is 3.82.